The molecule has 1 fully saturated rings. The van der Waals surface area contributed by atoms with Gasteiger partial charge in [0.15, 0.2) is 5.78 Å². The minimum atomic E-state index is -1.22. The summed E-state index contributed by atoms with van der Waals surface area (Å²) < 4.78 is 5.15. The summed E-state index contributed by atoms with van der Waals surface area (Å²) in [5.41, 5.74) is 1.95. The predicted molar refractivity (Wildman–Crippen MR) is 110 cm³/mol. The minimum Gasteiger partial charge on any atom is -0.497 e. The van der Waals surface area contributed by atoms with E-state index in [1.54, 1.807) is 38.3 Å². The number of imide groups is 1. The molecule has 3 amide bonds. The molecule has 0 aromatic heterocycles. The molecule has 6 nitrogen and oxygen atoms in total. The van der Waals surface area contributed by atoms with Gasteiger partial charge in [0.2, 0.25) is 0 Å². The largest absolute Gasteiger partial charge is 0.497 e. The van der Waals surface area contributed by atoms with Crippen molar-refractivity contribution >= 4 is 17.7 Å². The molecule has 0 saturated carbocycles. The summed E-state index contributed by atoms with van der Waals surface area (Å²) in [5.74, 6) is -0.0191. The van der Waals surface area contributed by atoms with Crippen molar-refractivity contribution in [2.24, 2.45) is 0 Å². The Balaban J connectivity index is 1.86. The SMILES string of the molecule is CCc1ccc(CC)c(C(=O)CN2C(=O)NC(C)(c3ccc(OC)cc3)C2=O)c1. The summed E-state index contributed by atoms with van der Waals surface area (Å²) in [7, 11) is 1.56. The number of amides is 3. The van der Waals surface area contributed by atoms with Crippen molar-refractivity contribution in [2.75, 3.05) is 13.7 Å². The number of Topliss-reactive ketones (excluding diaryl/α,β-unsaturated/α-hetero) is 1. The minimum absolute atomic E-state index is 0.236. The van der Waals surface area contributed by atoms with Crippen molar-refractivity contribution in [1.29, 1.82) is 0 Å². The van der Waals surface area contributed by atoms with Gasteiger partial charge in [0, 0.05) is 5.56 Å². The van der Waals surface area contributed by atoms with Crippen LogP contribution >= 0.6 is 0 Å². The van der Waals surface area contributed by atoms with Crippen LogP contribution in [0.2, 0.25) is 0 Å². The van der Waals surface area contributed by atoms with Crippen LogP contribution in [-0.4, -0.2) is 36.3 Å². The van der Waals surface area contributed by atoms with E-state index in [4.69, 9.17) is 4.74 Å². The topological polar surface area (TPSA) is 75.7 Å². The lowest BCUT2D eigenvalue weighted by molar-refractivity contribution is -0.130. The number of nitrogens with zero attached hydrogens (tertiary/aromatic N) is 1. The van der Waals surface area contributed by atoms with Crippen molar-refractivity contribution in [3.8, 4) is 5.75 Å². The van der Waals surface area contributed by atoms with Crippen molar-refractivity contribution in [3.05, 3.63) is 64.7 Å². The van der Waals surface area contributed by atoms with Crippen LogP contribution in [0.15, 0.2) is 42.5 Å². The average molecular weight is 394 g/mol. The van der Waals surface area contributed by atoms with E-state index in [0.29, 0.717) is 23.3 Å². The smallest absolute Gasteiger partial charge is 0.325 e. The zero-order valence-corrected chi connectivity index (χ0v) is 17.2. The summed E-state index contributed by atoms with van der Waals surface area (Å²) in [6.07, 6.45) is 1.51. The summed E-state index contributed by atoms with van der Waals surface area (Å²) in [6, 6.07) is 12.2. The van der Waals surface area contributed by atoms with Crippen LogP contribution in [0.4, 0.5) is 4.79 Å². The lowest BCUT2D eigenvalue weighted by Gasteiger charge is -2.22. The number of nitrogens with one attached hydrogen (secondary N) is 1. The van der Waals surface area contributed by atoms with E-state index >= 15 is 0 Å². The molecule has 0 radical (unpaired) electrons. The number of benzene rings is 2. The van der Waals surface area contributed by atoms with Gasteiger partial charge in [-0.2, -0.15) is 0 Å². The molecule has 1 atom stereocenters. The highest BCUT2D eigenvalue weighted by molar-refractivity contribution is 6.11. The van der Waals surface area contributed by atoms with E-state index in [1.807, 2.05) is 32.0 Å². The standard InChI is InChI=1S/C23H26N2O4/c1-5-15-7-8-16(6-2)19(13-15)20(26)14-25-21(27)23(3,24-22(25)28)17-9-11-18(29-4)12-10-17/h7-13H,5-6,14H2,1-4H3,(H,24,28). The number of urea groups is 1. The van der Waals surface area contributed by atoms with Gasteiger partial charge in [-0.05, 0) is 54.7 Å². The first-order valence-corrected chi connectivity index (χ1v) is 9.77. The molecule has 0 bridgehead atoms. The molecular formula is C23H26N2O4. The number of carbonyl (C=O) groups is 3. The number of hydrogen-bond donors (Lipinski definition) is 1. The first-order chi connectivity index (χ1) is 13.8. The van der Waals surface area contributed by atoms with Gasteiger partial charge in [-0.3, -0.25) is 14.5 Å². The monoisotopic (exact) mass is 394 g/mol. The molecule has 1 N–H and O–H groups in total. The van der Waals surface area contributed by atoms with Gasteiger partial charge in [-0.15, -0.1) is 0 Å². The Morgan fingerprint density at radius 3 is 2.34 bits per heavy atom. The van der Waals surface area contributed by atoms with E-state index in [0.717, 1.165) is 22.4 Å². The third-order valence-corrected chi connectivity index (χ3v) is 5.51. The molecule has 152 valence electrons. The average Bonchev–Trinajstić information content (AvgIpc) is 2.97. The van der Waals surface area contributed by atoms with Crippen LogP contribution in [0.3, 0.4) is 0 Å². The molecule has 1 aliphatic heterocycles. The fourth-order valence-electron chi connectivity index (χ4n) is 3.60. The van der Waals surface area contributed by atoms with E-state index in [-0.39, 0.29) is 12.3 Å². The maximum atomic E-state index is 13.1. The van der Waals surface area contributed by atoms with Crippen LogP contribution in [0.25, 0.3) is 0 Å². The summed E-state index contributed by atoms with van der Waals surface area (Å²) >= 11 is 0. The van der Waals surface area contributed by atoms with Gasteiger partial charge in [-0.25, -0.2) is 4.79 Å². The van der Waals surface area contributed by atoms with E-state index in [1.165, 1.54) is 0 Å². The van der Waals surface area contributed by atoms with Crippen LogP contribution in [0, 0.1) is 0 Å². The Labute approximate surface area is 170 Å². The highest BCUT2D eigenvalue weighted by atomic mass is 16.5. The fraction of sp³-hybridized carbons (Fsp3) is 0.348. The van der Waals surface area contributed by atoms with E-state index in [9.17, 15) is 14.4 Å². The number of ketones is 1. The van der Waals surface area contributed by atoms with Crippen molar-refractivity contribution in [3.63, 3.8) is 0 Å². The normalized spacial score (nSPS) is 18.7. The van der Waals surface area contributed by atoms with Crippen LogP contribution in [0.5, 0.6) is 5.75 Å². The number of hydrogen-bond acceptors (Lipinski definition) is 4. The predicted octanol–water partition coefficient (Wildman–Crippen LogP) is 3.47. The Morgan fingerprint density at radius 1 is 1.07 bits per heavy atom. The molecule has 2 aromatic carbocycles. The Morgan fingerprint density at radius 2 is 1.76 bits per heavy atom. The van der Waals surface area contributed by atoms with Crippen molar-refractivity contribution in [2.45, 2.75) is 39.2 Å². The summed E-state index contributed by atoms with van der Waals surface area (Å²) in [4.78, 5) is 39.6. The molecule has 6 heteroatoms. The lowest BCUT2D eigenvalue weighted by atomic mass is 9.92. The van der Waals surface area contributed by atoms with Crippen molar-refractivity contribution in [1.82, 2.24) is 10.2 Å². The second kappa shape index (κ2) is 8.07. The molecule has 0 spiro atoms. The second-order valence-corrected chi connectivity index (χ2v) is 7.30. The van der Waals surface area contributed by atoms with Gasteiger partial charge in [0.1, 0.15) is 11.3 Å². The maximum Gasteiger partial charge on any atom is 0.325 e. The van der Waals surface area contributed by atoms with Gasteiger partial charge in [0.25, 0.3) is 5.91 Å². The first-order valence-electron chi connectivity index (χ1n) is 9.77. The Kier molecular flexibility index (Phi) is 5.73. The van der Waals surface area contributed by atoms with E-state index < -0.39 is 17.5 Å². The summed E-state index contributed by atoms with van der Waals surface area (Å²) in [5, 5.41) is 2.74. The Bertz CT molecular complexity index is 952. The number of carbonyl (C=O) groups excluding carboxylic acids is 3. The number of rotatable bonds is 7. The van der Waals surface area contributed by atoms with Gasteiger partial charge in [0.05, 0.1) is 13.7 Å². The zero-order chi connectivity index (χ0) is 21.2. The Hall–Kier alpha value is -3.15. The van der Waals surface area contributed by atoms with Crippen LogP contribution < -0.4 is 10.1 Å². The molecule has 29 heavy (non-hydrogen) atoms. The quantitative estimate of drug-likeness (QED) is 0.576. The molecule has 2 aromatic rings. The molecule has 1 aliphatic rings. The maximum absolute atomic E-state index is 13.1. The van der Waals surface area contributed by atoms with Crippen molar-refractivity contribution < 1.29 is 19.1 Å². The number of ether oxygens (including phenoxy) is 1. The van der Waals surface area contributed by atoms with Crippen LogP contribution in [0.1, 0.15) is 47.8 Å². The number of methoxy groups -OCH3 is 1. The van der Waals surface area contributed by atoms with Crippen LogP contribution in [-0.2, 0) is 23.2 Å². The molecule has 1 saturated heterocycles. The third kappa shape index (κ3) is 3.75. The molecule has 1 unspecified atom stereocenters. The van der Waals surface area contributed by atoms with Gasteiger partial charge in [-0.1, -0.05) is 38.1 Å². The second-order valence-electron chi connectivity index (χ2n) is 7.30. The molecule has 1 heterocycles. The fourth-order valence-corrected chi connectivity index (χ4v) is 3.60. The molecule has 0 aliphatic carbocycles. The third-order valence-electron chi connectivity index (χ3n) is 5.51. The highest BCUT2D eigenvalue weighted by Gasteiger charge is 2.49. The molecular weight excluding hydrogens is 368 g/mol. The zero-order valence-electron chi connectivity index (χ0n) is 17.2. The van der Waals surface area contributed by atoms with Gasteiger partial charge >= 0.3 is 6.03 Å². The number of aryl methyl sites for hydroxylation is 2. The lowest BCUT2D eigenvalue weighted by Crippen LogP contribution is -2.41. The highest BCUT2D eigenvalue weighted by Crippen LogP contribution is 2.30. The first kappa shape index (κ1) is 20.6. The summed E-state index contributed by atoms with van der Waals surface area (Å²) in [6.45, 7) is 5.37. The van der Waals surface area contributed by atoms with Gasteiger partial charge < -0.3 is 10.1 Å². The molecule has 3 rings (SSSR count). The van der Waals surface area contributed by atoms with E-state index in [2.05, 4.69) is 5.32 Å².